The highest BCUT2D eigenvalue weighted by atomic mass is 32.1. The number of hydrogen-bond donors (Lipinski definition) is 1. The van der Waals surface area contributed by atoms with Crippen LogP contribution >= 0.6 is 11.3 Å². The van der Waals surface area contributed by atoms with Gasteiger partial charge in [0, 0.05) is 23.4 Å². The number of aromatic nitrogens is 2. The van der Waals surface area contributed by atoms with Crippen LogP contribution in [0.3, 0.4) is 0 Å². The second-order valence-corrected chi connectivity index (χ2v) is 8.30. The van der Waals surface area contributed by atoms with Crippen molar-refractivity contribution in [2.75, 3.05) is 0 Å². The zero-order valence-electron chi connectivity index (χ0n) is 15.8. The molecule has 0 radical (unpaired) electrons. The van der Waals surface area contributed by atoms with Gasteiger partial charge in [0.15, 0.2) is 0 Å². The normalized spacial score (nSPS) is 11.7. The second-order valence-electron chi connectivity index (χ2n) is 7.10. The quantitative estimate of drug-likeness (QED) is 0.517. The molecule has 2 heterocycles. The predicted octanol–water partition coefficient (Wildman–Crippen LogP) is 3.39. The summed E-state index contributed by atoms with van der Waals surface area (Å²) in [4.78, 5) is 41.6. The Hall–Kier alpha value is -3.07. The third-order valence-corrected chi connectivity index (χ3v) is 5.97. The Labute approximate surface area is 164 Å². The first kappa shape index (κ1) is 19.7. The van der Waals surface area contributed by atoms with E-state index in [0.717, 1.165) is 10.4 Å². The molecule has 3 rings (SSSR count). The van der Waals surface area contributed by atoms with Crippen molar-refractivity contribution in [2.45, 2.75) is 39.7 Å². The molecule has 8 nitrogen and oxygen atoms in total. The van der Waals surface area contributed by atoms with Crippen LogP contribution in [0.2, 0.25) is 0 Å². The van der Waals surface area contributed by atoms with E-state index in [-0.39, 0.29) is 12.1 Å². The van der Waals surface area contributed by atoms with Crippen LogP contribution in [0.5, 0.6) is 0 Å². The summed E-state index contributed by atoms with van der Waals surface area (Å²) in [5, 5.41) is 21.0. The van der Waals surface area contributed by atoms with Crippen LogP contribution < -0.4 is 5.56 Å². The Kier molecular flexibility index (Phi) is 4.80. The Balaban J connectivity index is 2.24. The predicted molar refractivity (Wildman–Crippen MR) is 106 cm³/mol. The SMILES string of the molecule is Cc1sc2nc(Cc3ccc([N+](=O)[O-])cc3)n(C(C)(C)C(=O)O)c(=O)c2c1C. The summed E-state index contributed by atoms with van der Waals surface area (Å²) < 4.78 is 1.22. The molecule has 146 valence electrons. The largest absolute Gasteiger partial charge is 0.480 e. The van der Waals surface area contributed by atoms with Crippen LogP contribution in [-0.4, -0.2) is 25.6 Å². The van der Waals surface area contributed by atoms with Gasteiger partial charge in [0.05, 0.1) is 10.3 Å². The van der Waals surface area contributed by atoms with Gasteiger partial charge in [-0.1, -0.05) is 12.1 Å². The Morgan fingerprint density at radius 1 is 1.29 bits per heavy atom. The molecule has 2 aromatic heterocycles. The number of rotatable bonds is 5. The Morgan fingerprint density at radius 3 is 2.43 bits per heavy atom. The van der Waals surface area contributed by atoms with Crippen molar-refractivity contribution >= 4 is 33.2 Å². The summed E-state index contributed by atoms with van der Waals surface area (Å²) in [6.45, 7) is 6.63. The standard InChI is InChI=1S/C19H19N3O5S/c1-10-11(2)28-16-15(10)17(23)21(19(3,4)18(24)25)14(20-16)9-12-5-7-13(8-6-12)22(26)27/h5-8H,9H2,1-4H3,(H,24,25). The summed E-state index contributed by atoms with van der Waals surface area (Å²) in [6.07, 6.45) is 0.176. The molecular formula is C19H19N3O5S. The maximum atomic E-state index is 13.2. The van der Waals surface area contributed by atoms with E-state index in [9.17, 15) is 24.8 Å². The molecule has 0 aliphatic rings. The number of nitrogens with zero attached hydrogens (tertiary/aromatic N) is 3. The molecule has 0 saturated heterocycles. The lowest BCUT2D eigenvalue weighted by Crippen LogP contribution is -2.45. The molecular weight excluding hydrogens is 382 g/mol. The third-order valence-electron chi connectivity index (χ3n) is 4.86. The van der Waals surface area contributed by atoms with Gasteiger partial charge in [0.25, 0.3) is 11.2 Å². The number of non-ortho nitro benzene ring substituents is 1. The fourth-order valence-electron chi connectivity index (χ4n) is 3.04. The van der Waals surface area contributed by atoms with Crippen LogP contribution in [0, 0.1) is 24.0 Å². The minimum absolute atomic E-state index is 0.0417. The number of nitro groups is 1. The Morgan fingerprint density at radius 2 is 1.89 bits per heavy atom. The molecule has 28 heavy (non-hydrogen) atoms. The van der Waals surface area contributed by atoms with Crippen LogP contribution in [0.4, 0.5) is 5.69 Å². The zero-order valence-corrected chi connectivity index (χ0v) is 16.7. The molecule has 0 saturated carbocycles. The lowest BCUT2D eigenvalue weighted by atomic mass is 10.0. The molecule has 9 heteroatoms. The minimum atomic E-state index is -1.50. The number of carboxylic acids is 1. The lowest BCUT2D eigenvalue weighted by Gasteiger charge is -2.25. The molecule has 1 aromatic carbocycles. The van der Waals surface area contributed by atoms with E-state index in [0.29, 0.717) is 21.6 Å². The summed E-state index contributed by atoms with van der Waals surface area (Å²) in [5.74, 6) is -0.842. The zero-order chi connectivity index (χ0) is 20.8. The molecule has 0 amide bonds. The molecule has 0 bridgehead atoms. The maximum absolute atomic E-state index is 13.2. The molecule has 0 atom stereocenters. The van der Waals surface area contributed by atoms with Crippen molar-refractivity contribution in [3.8, 4) is 0 Å². The molecule has 3 aromatic rings. The van der Waals surface area contributed by atoms with Gasteiger partial charge in [0.2, 0.25) is 0 Å². The summed E-state index contributed by atoms with van der Waals surface area (Å²) in [7, 11) is 0. The van der Waals surface area contributed by atoms with E-state index in [1.54, 1.807) is 12.1 Å². The summed E-state index contributed by atoms with van der Waals surface area (Å²) in [5.41, 5.74) is -0.446. The van der Waals surface area contributed by atoms with Gasteiger partial charge in [-0.05, 0) is 38.8 Å². The van der Waals surface area contributed by atoms with Gasteiger partial charge in [-0.2, -0.15) is 0 Å². The van der Waals surface area contributed by atoms with E-state index in [1.807, 2.05) is 13.8 Å². The van der Waals surface area contributed by atoms with E-state index >= 15 is 0 Å². The number of thiophene rings is 1. The highest BCUT2D eigenvalue weighted by Crippen LogP contribution is 2.28. The molecule has 0 spiro atoms. The second kappa shape index (κ2) is 6.83. The number of aliphatic carboxylic acids is 1. The summed E-state index contributed by atoms with van der Waals surface area (Å²) in [6, 6.07) is 5.91. The molecule has 0 fully saturated rings. The van der Waals surface area contributed by atoms with Gasteiger partial charge in [-0.25, -0.2) is 9.78 Å². The number of nitro benzene ring substituents is 1. The smallest absolute Gasteiger partial charge is 0.329 e. The number of benzene rings is 1. The highest BCUT2D eigenvalue weighted by molar-refractivity contribution is 7.18. The molecule has 0 aliphatic carbocycles. The fourth-order valence-corrected chi connectivity index (χ4v) is 4.08. The number of carbonyl (C=O) groups is 1. The van der Waals surface area contributed by atoms with E-state index in [2.05, 4.69) is 4.98 Å². The number of fused-ring (bicyclic) bond motifs is 1. The monoisotopic (exact) mass is 401 g/mol. The van der Waals surface area contributed by atoms with Gasteiger partial charge in [-0.3, -0.25) is 19.5 Å². The van der Waals surface area contributed by atoms with Gasteiger partial charge < -0.3 is 5.11 Å². The lowest BCUT2D eigenvalue weighted by molar-refractivity contribution is -0.384. The fraction of sp³-hybridized carbons (Fsp3) is 0.316. The van der Waals surface area contributed by atoms with Crippen LogP contribution in [0.15, 0.2) is 29.1 Å². The first-order valence-electron chi connectivity index (χ1n) is 8.53. The van der Waals surface area contributed by atoms with Crippen molar-refractivity contribution in [1.82, 2.24) is 9.55 Å². The van der Waals surface area contributed by atoms with Crippen molar-refractivity contribution in [3.63, 3.8) is 0 Å². The number of carboxylic acid groups (broad SMARTS) is 1. The maximum Gasteiger partial charge on any atom is 0.329 e. The van der Waals surface area contributed by atoms with Crippen LogP contribution in [0.1, 0.15) is 35.7 Å². The van der Waals surface area contributed by atoms with Crippen molar-refractivity contribution < 1.29 is 14.8 Å². The summed E-state index contributed by atoms with van der Waals surface area (Å²) >= 11 is 1.39. The van der Waals surface area contributed by atoms with Crippen molar-refractivity contribution in [3.05, 3.63) is 66.6 Å². The average molecular weight is 401 g/mol. The van der Waals surface area contributed by atoms with Gasteiger partial charge in [-0.15, -0.1) is 11.3 Å². The molecule has 0 aliphatic heterocycles. The topological polar surface area (TPSA) is 115 Å². The molecule has 1 N–H and O–H groups in total. The van der Waals surface area contributed by atoms with E-state index in [1.165, 1.54) is 41.9 Å². The number of aryl methyl sites for hydroxylation is 2. The molecule has 0 unspecified atom stereocenters. The minimum Gasteiger partial charge on any atom is -0.480 e. The first-order chi connectivity index (χ1) is 13.0. The van der Waals surface area contributed by atoms with Gasteiger partial charge in [0.1, 0.15) is 16.2 Å². The van der Waals surface area contributed by atoms with Gasteiger partial charge >= 0.3 is 5.97 Å². The van der Waals surface area contributed by atoms with E-state index in [4.69, 9.17) is 0 Å². The Bertz CT molecular complexity index is 1160. The van der Waals surface area contributed by atoms with Crippen LogP contribution in [-0.2, 0) is 16.8 Å². The van der Waals surface area contributed by atoms with E-state index < -0.39 is 22.0 Å². The van der Waals surface area contributed by atoms with Crippen LogP contribution in [0.25, 0.3) is 10.2 Å². The average Bonchev–Trinajstić information content (AvgIpc) is 2.89. The third kappa shape index (κ3) is 3.18. The first-order valence-corrected chi connectivity index (χ1v) is 9.34. The number of hydrogen-bond acceptors (Lipinski definition) is 6. The van der Waals surface area contributed by atoms with Crippen molar-refractivity contribution in [2.24, 2.45) is 0 Å². The highest BCUT2D eigenvalue weighted by Gasteiger charge is 2.34. The van der Waals surface area contributed by atoms with Crippen molar-refractivity contribution in [1.29, 1.82) is 0 Å².